The number of carbonyl (C=O) groups is 1. The van der Waals surface area contributed by atoms with Gasteiger partial charge >= 0.3 is 5.97 Å². The van der Waals surface area contributed by atoms with Crippen LogP contribution in [0.4, 0.5) is 11.5 Å². The summed E-state index contributed by atoms with van der Waals surface area (Å²) < 4.78 is 4.78. The Kier molecular flexibility index (Phi) is 4.40. The van der Waals surface area contributed by atoms with E-state index in [9.17, 15) is 4.79 Å². The second-order valence-corrected chi connectivity index (χ2v) is 2.92. The molecule has 0 aromatic carbocycles. The quantitative estimate of drug-likeness (QED) is 0.708. The smallest absolute Gasteiger partial charge is 0.307 e. The largest absolute Gasteiger partial charge is 0.466 e. The number of nitrogens with zero attached hydrogens (tertiary/aromatic N) is 1. The number of esters is 1. The van der Waals surface area contributed by atoms with E-state index in [0.717, 1.165) is 5.69 Å². The first-order valence-corrected chi connectivity index (χ1v) is 4.84. The lowest BCUT2D eigenvalue weighted by Crippen LogP contribution is -2.12. The van der Waals surface area contributed by atoms with Crippen molar-refractivity contribution in [3.8, 4) is 0 Å². The third kappa shape index (κ3) is 3.84. The van der Waals surface area contributed by atoms with E-state index in [1.54, 1.807) is 19.2 Å². The number of carbonyl (C=O) groups excluding carboxylic acids is 1. The van der Waals surface area contributed by atoms with Crippen LogP contribution in [0.1, 0.15) is 13.3 Å². The number of nitrogens with one attached hydrogen (secondary N) is 1. The van der Waals surface area contributed by atoms with Gasteiger partial charge in [-0.2, -0.15) is 0 Å². The second kappa shape index (κ2) is 5.85. The molecule has 5 heteroatoms. The molecule has 1 heterocycles. The van der Waals surface area contributed by atoms with E-state index in [-0.39, 0.29) is 5.97 Å². The Balaban J connectivity index is 2.32. The Hall–Kier alpha value is -1.78. The third-order valence-electron chi connectivity index (χ3n) is 1.79. The number of hydrogen-bond donors (Lipinski definition) is 2. The van der Waals surface area contributed by atoms with Crippen molar-refractivity contribution in [2.75, 3.05) is 24.2 Å². The lowest BCUT2D eigenvalue weighted by atomic mass is 10.3. The number of rotatable bonds is 5. The van der Waals surface area contributed by atoms with Crippen LogP contribution in [0.3, 0.4) is 0 Å². The van der Waals surface area contributed by atoms with Crippen LogP contribution >= 0.6 is 0 Å². The highest BCUT2D eigenvalue weighted by atomic mass is 16.5. The second-order valence-electron chi connectivity index (χ2n) is 2.92. The SMILES string of the molecule is CCOC(=O)CCNc1cccnc1N. The number of aromatic nitrogens is 1. The molecule has 0 unspecified atom stereocenters. The normalized spacial score (nSPS) is 9.67. The Bertz CT molecular complexity index is 328. The van der Waals surface area contributed by atoms with E-state index < -0.39 is 0 Å². The van der Waals surface area contributed by atoms with Gasteiger partial charge in [-0.3, -0.25) is 4.79 Å². The molecule has 3 N–H and O–H groups in total. The number of pyridine rings is 1. The van der Waals surface area contributed by atoms with E-state index in [2.05, 4.69) is 10.3 Å². The molecule has 1 rings (SSSR count). The maximum atomic E-state index is 11.0. The molecular formula is C10H15N3O2. The van der Waals surface area contributed by atoms with Crippen LogP contribution in [-0.4, -0.2) is 24.1 Å². The summed E-state index contributed by atoms with van der Waals surface area (Å²) in [4.78, 5) is 14.9. The van der Waals surface area contributed by atoms with Crippen molar-refractivity contribution in [2.24, 2.45) is 0 Å². The highest BCUT2D eigenvalue weighted by molar-refractivity contribution is 5.70. The van der Waals surface area contributed by atoms with Gasteiger partial charge in [0, 0.05) is 12.7 Å². The molecule has 0 bridgehead atoms. The minimum absolute atomic E-state index is 0.215. The molecule has 0 aliphatic carbocycles. The summed E-state index contributed by atoms with van der Waals surface area (Å²) in [6, 6.07) is 3.59. The molecular weight excluding hydrogens is 194 g/mol. The van der Waals surface area contributed by atoms with Gasteiger partial charge in [-0.25, -0.2) is 4.98 Å². The van der Waals surface area contributed by atoms with Crippen LogP contribution in [0.25, 0.3) is 0 Å². The number of hydrogen-bond acceptors (Lipinski definition) is 5. The van der Waals surface area contributed by atoms with Crippen molar-refractivity contribution < 1.29 is 9.53 Å². The standard InChI is InChI=1S/C10H15N3O2/c1-2-15-9(14)5-7-12-8-4-3-6-13-10(8)11/h3-4,6,12H,2,5,7H2,1H3,(H2,11,13). The fourth-order valence-corrected chi connectivity index (χ4v) is 1.10. The van der Waals surface area contributed by atoms with Crippen LogP contribution in [0.15, 0.2) is 18.3 Å². The fraction of sp³-hybridized carbons (Fsp3) is 0.400. The van der Waals surface area contributed by atoms with Crippen molar-refractivity contribution >= 4 is 17.5 Å². The summed E-state index contributed by atoms with van der Waals surface area (Å²) >= 11 is 0. The van der Waals surface area contributed by atoms with Gasteiger partial charge in [0.15, 0.2) is 0 Å². The Morgan fingerprint density at radius 1 is 1.67 bits per heavy atom. The van der Waals surface area contributed by atoms with Crippen molar-refractivity contribution in [2.45, 2.75) is 13.3 Å². The van der Waals surface area contributed by atoms with Crippen LogP contribution in [0, 0.1) is 0 Å². The van der Waals surface area contributed by atoms with Gasteiger partial charge in [-0.05, 0) is 19.1 Å². The molecule has 82 valence electrons. The van der Waals surface area contributed by atoms with Crippen molar-refractivity contribution in [1.29, 1.82) is 0 Å². The lowest BCUT2D eigenvalue weighted by molar-refractivity contribution is -0.142. The molecule has 0 spiro atoms. The number of ether oxygens (including phenoxy) is 1. The maximum Gasteiger partial charge on any atom is 0.307 e. The average molecular weight is 209 g/mol. The van der Waals surface area contributed by atoms with Gasteiger partial charge in [0.1, 0.15) is 5.82 Å². The zero-order valence-corrected chi connectivity index (χ0v) is 8.69. The molecule has 0 atom stereocenters. The highest BCUT2D eigenvalue weighted by Crippen LogP contribution is 2.12. The highest BCUT2D eigenvalue weighted by Gasteiger charge is 2.02. The van der Waals surface area contributed by atoms with Gasteiger partial charge in [0.2, 0.25) is 0 Å². The Morgan fingerprint density at radius 2 is 2.47 bits per heavy atom. The van der Waals surface area contributed by atoms with Crippen LogP contribution < -0.4 is 11.1 Å². The zero-order chi connectivity index (χ0) is 11.1. The first kappa shape index (κ1) is 11.3. The minimum Gasteiger partial charge on any atom is -0.466 e. The molecule has 0 fully saturated rings. The zero-order valence-electron chi connectivity index (χ0n) is 8.69. The molecule has 0 amide bonds. The summed E-state index contributed by atoms with van der Waals surface area (Å²) in [6.07, 6.45) is 1.94. The molecule has 15 heavy (non-hydrogen) atoms. The molecule has 0 saturated carbocycles. The predicted octanol–water partition coefficient (Wildman–Crippen LogP) is 1.03. The van der Waals surface area contributed by atoms with E-state index in [0.29, 0.717) is 25.4 Å². The monoisotopic (exact) mass is 209 g/mol. The number of nitrogens with two attached hydrogens (primary N) is 1. The minimum atomic E-state index is -0.215. The van der Waals surface area contributed by atoms with Crippen molar-refractivity contribution in [1.82, 2.24) is 4.98 Å². The maximum absolute atomic E-state index is 11.0. The summed E-state index contributed by atoms with van der Waals surface area (Å²) in [6.45, 7) is 2.69. The van der Waals surface area contributed by atoms with Gasteiger partial charge in [-0.1, -0.05) is 0 Å². The fourth-order valence-electron chi connectivity index (χ4n) is 1.10. The van der Waals surface area contributed by atoms with Crippen LogP contribution in [-0.2, 0) is 9.53 Å². The van der Waals surface area contributed by atoms with E-state index in [1.807, 2.05) is 6.07 Å². The number of anilines is 2. The summed E-state index contributed by atoms with van der Waals surface area (Å²) in [5.41, 5.74) is 6.34. The van der Waals surface area contributed by atoms with E-state index in [1.165, 1.54) is 0 Å². The predicted molar refractivity (Wildman–Crippen MR) is 58.4 cm³/mol. The first-order valence-electron chi connectivity index (χ1n) is 4.84. The topological polar surface area (TPSA) is 77.2 Å². The van der Waals surface area contributed by atoms with Gasteiger partial charge in [-0.15, -0.1) is 0 Å². The first-order chi connectivity index (χ1) is 7.24. The summed E-state index contributed by atoms with van der Waals surface area (Å²) in [5.74, 6) is 0.217. The average Bonchev–Trinajstić information content (AvgIpc) is 2.21. The lowest BCUT2D eigenvalue weighted by Gasteiger charge is -2.07. The van der Waals surface area contributed by atoms with Crippen molar-refractivity contribution in [3.05, 3.63) is 18.3 Å². The third-order valence-corrected chi connectivity index (χ3v) is 1.79. The van der Waals surface area contributed by atoms with Crippen LogP contribution in [0.5, 0.6) is 0 Å². The van der Waals surface area contributed by atoms with E-state index in [4.69, 9.17) is 10.5 Å². The summed E-state index contributed by atoms with van der Waals surface area (Å²) in [5, 5.41) is 3.01. The molecule has 0 aliphatic heterocycles. The van der Waals surface area contributed by atoms with Gasteiger partial charge in [0.25, 0.3) is 0 Å². The van der Waals surface area contributed by atoms with Crippen LogP contribution in [0.2, 0.25) is 0 Å². The molecule has 0 radical (unpaired) electrons. The molecule has 0 aliphatic rings. The molecule has 5 nitrogen and oxygen atoms in total. The molecule has 1 aromatic rings. The number of nitrogen functional groups attached to an aromatic ring is 1. The van der Waals surface area contributed by atoms with Crippen molar-refractivity contribution in [3.63, 3.8) is 0 Å². The summed E-state index contributed by atoms with van der Waals surface area (Å²) in [7, 11) is 0. The Morgan fingerprint density at radius 3 is 3.13 bits per heavy atom. The Labute approximate surface area is 88.6 Å². The van der Waals surface area contributed by atoms with Gasteiger partial charge in [0.05, 0.1) is 18.7 Å². The van der Waals surface area contributed by atoms with E-state index >= 15 is 0 Å². The molecule has 0 saturated heterocycles. The molecule has 1 aromatic heterocycles. The van der Waals surface area contributed by atoms with Gasteiger partial charge < -0.3 is 15.8 Å².